The molecule has 3 rings (SSSR count). The number of nitrogens with zero attached hydrogens (tertiary/aromatic N) is 1. The van der Waals surface area contributed by atoms with Crippen LogP contribution in [0.15, 0.2) is 30.5 Å². The number of hydrogen-bond acceptors (Lipinski definition) is 6. The first kappa shape index (κ1) is 29.6. The number of aliphatic carboxylic acids is 2. The van der Waals surface area contributed by atoms with Crippen LogP contribution >= 0.6 is 0 Å². The molecule has 1 aromatic heterocycles. The van der Waals surface area contributed by atoms with E-state index in [1.54, 1.807) is 6.20 Å². The minimum Gasteiger partial charge on any atom is -0.481 e. The summed E-state index contributed by atoms with van der Waals surface area (Å²) in [7, 11) is 0. The quantitative estimate of drug-likeness (QED) is 0.215. The van der Waals surface area contributed by atoms with E-state index in [0.29, 0.717) is 12.8 Å². The van der Waals surface area contributed by atoms with Crippen LogP contribution in [0.3, 0.4) is 0 Å². The van der Waals surface area contributed by atoms with Crippen LogP contribution in [0, 0.1) is 5.92 Å². The maximum Gasteiger partial charge on any atom is 0.326 e. The second-order valence-corrected chi connectivity index (χ2v) is 10.4. The third kappa shape index (κ3) is 7.79. The van der Waals surface area contributed by atoms with Crippen LogP contribution in [0.4, 0.5) is 0 Å². The summed E-state index contributed by atoms with van der Waals surface area (Å²) in [6.07, 6.45) is 2.60. The number of para-hydroxylation sites is 1. The van der Waals surface area contributed by atoms with Gasteiger partial charge in [-0.3, -0.25) is 19.2 Å². The monoisotopic (exact) mass is 543 g/mol. The molecule has 0 spiro atoms. The van der Waals surface area contributed by atoms with Gasteiger partial charge in [-0.25, -0.2) is 4.79 Å². The number of hydrogen-bond donors (Lipinski definition) is 6. The predicted octanol–water partition coefficient (Wildman–Crippen LogP) is 0.994. The maximum absolute atomic E-state index is 13.8. The second-order valence-electron chi connectivity index (χ2n) is 10.4. The molecule has 1 saturated heterocycles. The minimum absolute atomic E-state index is 0.0359. The molecule has 1 aromatic carbocycles. The topological polar surface area (TPSA) is 195 Å². The van der Waals surface area contributed by atoms with Gasteiger partial charge < -0.3 is 36.5 Å². The van der Waals surface area contributed by atoms with Gasteiger partial charge in [-0.05, 0) is 43.2 Å². The average Bonchev–Trinajstić information content (AvgIpc) is 3.53. The van der Waals surface area contributed by atoms with E-state index >= 15 is 0 Å². The van der Waals surface area contributed by atoms with Crippen molar-refractivity contribution in [3.05, 3.63) is 36.0 Å². The van der Waals surface area contributed by atoms with Crippen molar-refractivity contribution in [2.24, 2.45) is 11.7 Å². The van der Waals surface area contributed by atoms with Crippen LogP contribution in [0.1, 0.15) is 51.5 Å². The highest BCUT2D eigenvalue weighted by Gasteiger charge is 2.39. The fraction of sp³-hybridized carbons (Fsp3) is 0.519. The molecule has 3 amide bonds. The summed E-state index contributed by atoms with van der Waals surface area (Å²) in [6.45, 7) is 3.98. The van der Waals surface area contributed by atoms with Gasteiger partial charge in [0.15, 0.2) is 0 Å². The number of aromatic nitrogens is 1. The third-order valence-electron chi connectivity index (χ3n) is 6.88. The van der Waals surface area contributed by atoms with Crippen molar-refractivity contribution in [1.82, 2.24) is 20.5 Å². The van der Waals surface area contributed by atoms with Crippen molar-refractivity contribution in [2.45, 2.75) is 76.5 Å². The largest absolute Gasteiger partial charge is 0.481 e. The average molecular weight is 544 g/mol. The lowest BCUT2D eigenvalue weighted by molar-refractivity contribution is -0.145. The molecule has 2 heterocycles. The van der Waals surface area contributed by atoms with E-state index in [1.165, 1.54) is 4.90 Å². The first-order valence-corrected chi connectivity index (χ1v) is 13.1. The number of fused-ring (bicyclic) bond motifs is 1. The Labute approximate surface area is 226 Å². The fourth-order valence-electron chi connectivity index (χ4n) is 4.87. The highest BCUT2D eigenvalue weighted by Crippen LogP contribution is 2.23. The Balaban J connectivity index is 1.82. The molecule has 39 heavy (non-hydrogen) atoms. The highest BCUT2D eigenvalue weighted by atomic mass is 16.4. The van der Waals surface area contributed by atoms with Crippen LogP contribution in [0.2, 0.25) is 0 Å². The number of carbonyl (C=O) groups is 5. The van der Waals surface area contributed by atoms with Gasteiger partial charge >= 0.3 is 11.9 Å². The molecule has 4 unspecified atom stereocenters. The molecule has 0 bridgehead atoms. The Morgan fingerprint density at radius 2 is 1.82 bits per heavy atom. The molecule has 4 atom stereocenters. The van der Waals surface area contributed by atoms with E-state index in [-0.39, 0.29) is 38.1 Å². The highest BCUT2D eigenvalue weighted by molar-refractivity contribution is 5.95. The summed E-state index contributed by atoms with van der Waals surface area (Å²) in [6, 6.07) is 3.32. The van der Waals surface area contributed by atoms with Crippen molar-refractivity contribution < 1.29 is 34.2 Å². The Kier molecular flexibility index (Phi) is 10.0. The Morgan fingerprint density at radius 3 is 2.49 bits per heavy atom. The molecule has 0 radical (unpaired) electrons. The van der Waals surface area contributed by atoms with Crippen molar-refractivity contribution in [3.8, 4) is 0 Å². The zero-order valence-corrected chi connectivity index (χ0v) is 22.2. The van der Waals surface area contributed by atoms with E-state index in [2.05, 4.69) is 15.6 Å². The molecule has 0 saturated carbocycles. The lowest BCUT2D eigenvalue weighted by atomic mass is 10.0. The number of likely N-dealkylation sites (tertiary alicyclic amines) is 1. The van der Waals surface area contributed by atoms with Crippen molar-refractivity contribution in [1.29, 1.82) is 0 Å². The van der Waals surface area contributed by atoms with Gasteiger partial charge in [-0.1, -0.05) is 32.0 Å². The van der Waals surface area contributed by atoms with E-state index in [4.69, 9.17) is 10.8 Å². The van der Waals surface area contributed by atoms with Gasteiger partial charge in [0.2, 0.25) is 17.7 Å². The molecular weight excluding hydrogens is 506 g/mol. The molecule has 0 aliphatic carbocycles. The number of nitrogens with one attached hydrogen (secondary N) is 3. The zero-order chi connectivity index (χ0) is 28.7. The van der Waals surface area contributed by atoms with Gasteiger partial charge in [0.25, 0.3) is 0 Å². The van der Waals surface area contributed by atoms with Gasteiger partial charge in [-0.15, -0.1) is 0 Å². The van der Waals surface area contributed by atoms with Crippen LogP contribution in [0.5, 0.6) is 0 Å². The number of H-pyrrole nitrogens is 1. The second kappa shape index (κ2) is 13.2. The number of nitrogens with two attached hydrogens (primary N) is 1. The Hall–Kier alpha value is -3.93. The molecule has 2 aromatic rings. The standard InChI is InChI=1S/C27H37N5O7/c1-15(2)12-21(27(38)39)31-25(36)22-8-5-11-32(22)26(37)20(30-24(35)18(28)9-10-23(33)34)13-16-14-29-19-7-4-3-6-17(16)19/h3-4,6-7,14-15,18,20-22,29H,5,8-13,28H2,1-2H3,(H,30,35)(H,31,36)(H,33,34)(H,38,39). The SMILES string of the molecule is CC(C)CC(NC(=O)C1CCCN1C(=O)C(Cc1c[nH]c2ccccc12)NC(=O)C(N)CCC(=O)O)C(=O)O. The Bertz CT molecular complexity index is 1210. The molecule has 12 heteroatoms. The molecule has 12 nitrogen and oxygen atoms in total. The summed E-state index contributed by atoms with van der Waals surface area (Å²) < 4.78 is 0. The zero-order valence-electron chi connectivity index (χ0n) is 22.2. The Morgan fingerprint density at radius 1 is 1.10 bits per heavy atom. The smallest absolute Gasteiger partial charge is 0.326 e. The minimum atomic E-state index is -1.15. The summed E-state index contributed by atoms with van der Waals surface area (Å²) in [5, 5.41) is 24.6. The normalized spacial score (nSPS) is 17.5. The van der Waals surface area contributed by atoms with E-state index in [0.717, 1.165) is 16.5 Å². The predicted molar refractivity (Wildman–Crippen MR) is 143 cm³/mol. The van der Waals surface area contributed by atoms with Gasteiger partial charge in [0.05, 0.1) is 6.04 Å². The third-order valence-corrected chi connectivity index (χ3v) is 6.88. The molecule has 212 valence electrons. The van der Waals surface area contributed by atoms with Crippen LogP contribution in [-0.2, 0) is 30.4 Å². The van der Waals surface area contributed by atoms with E-state index in [1.807, 2.05) is 38.1 Å². The molecule has 1 aliphatic heterocycles. The molecular formula is C27H37N5O7. The lowest BCUT2D eigenvalue weighted by Gasteiger charge is -2.30. The van der Waals surface area contributed by atoms with Gasteiger partial charge in [0.1, 0.15) is 18.1 Å². The van der Waals surface area contributed by atoms with Crippen LogP contribution in [-0.4, -0.2) is 80.5 Å². The number of amides is 3. The van der Waals surface area contributed by atoms with E-state index < -0.39 is 53.8 Å². The first-order valence-electron chi connectivity index (χ1n) is 13.1. The summed E-state index contributed by atoms with van der Waals surface area (Å²) in [5.74, 6) is -3.91. The maximum atomic E-state index is 13.8. The lowest BCUT2D eigenvalue weighted by Crippen LogP contribution is -2.57. The fourth-order valence-corrected chi connectivity index (χ4v) is 4.87. The van der Waals surface area contributed by atoms with Crippen LogP contribution < -0.4 is 16.4 Å². The molecule has 1 fully saturated rings. The number of carbonyl (C=O) groups excluding carboxylic acids is 3. The summed E-state index contributed by atoms with van der Waals surface area (Å²) in [5.41, 5.74) is 7.53. The first-order chi connectivity index (χ1) is 18.5. The number of carboxylic acids is 2. The number of aromatic amines is 1. The number of benzene rings is 1. The van der Waals surface area contributed by atoms with Crippen molar-refractivity contribution >= 4 is 40.6 Å². The number of carboxylic acid groups (broad SMARTS) is 2. The van der Waals surface area contributed by atoms with Gasteiger partial charge in [0, 0.05) is 36.5 Å². The number of rotatable bonds is 13. The van der Waals surface area contributed by atoms with Crippen molar-refractivity contribution in [2.75, 3.05) is 6.54 Å². The molecule has 7 N–H and O–H groups in total. The molecule has 1 aliphatic rings. The van der Waals surface area contributed by atoms with Crippen LogP contribution in [0.25, 0.3) is 10.9 Å². The van der Waals surface area contributed by atoms with Gasteiger partial charge in [-0.2, -0.15) is 0 Å². The summed E-state index contributed by atoms with van der Waals surface area (Å²) in [4.78, 5) is 66.9. The van der Waals surface area contributed by atoms with Crippen molar-refractivity contribution in [3.63, 3.8) is 0 Å². The van der Waals surface area contributed by atoms with E-state index in [9.17, 15) is 29.1 Å². The summed E-state index contributed by atoms with van der Waals surface area (Å²) >= 11 is 0.